The molecule has 0 aromatic rings. The summed E-state index contributed by atoms with van der Waals surface area (Å²) in [5, 5.41) is 17.5. The molecule has 86 valence electrons. The summed E-state index contributed by atoms with van der Waals surface area (Å²) in [6.45, 7) is 3.91. The molecule has 0 saturated heterocycles. The van der Waals surface area contributed by atoms with Crippen molar-refractivity contribution in [1.29, 1.82) is 0 Å². The predicted molar refractivity (Wildman–Crippen MR) is 56.7 cm³/mol. The lowest BCUT2D eigenvalue weighted by Gasteiger charge is -2.09. The van der Waals surface area contributed by atoms with Gasteiger partial charge in [-0.05, 0) is 12.8 Å². The maximum atomic E-state index is 10.9. The molecule has 0 spiro atoms. The first-order chi connectivity index (χ1) is 7.02. The predicted octanol–water partition coefficient (Wildman–Crippen LogP) is 2.44. The average Bonchev–Trinajstić information content (AvgIpc) is 2.13. The Balaban J connectivity index is 4.94. The quantitative estimate of drug-likeness (QED) is 0.638. The molecule has 0 radical (unpaired) electrons. The zero-order valence-electron chi connectivity index (χ0n) is 9.25. The van der Waals surface area contributed by atoms with Gasteiger partial charge in [0.05, 0.1) is 6.42 Å². The summed E-state index contributed by atoms with van der Waals surface area (Å²) in [6, 6.07) is 0. The molecule has 0 bridgehead atoms. The Hall–Kier alpha value is -1.32. The fourth-order valence-electron chi connectivity index (χ4n) is 1.53. The smallest absolute Gasteiger partial charge is 0.332 e. The van der Waals surface area contributed by atoms with Gasteiger partial charge in [-0.3, -0.25) is 4.79 Å². The molecule has 0 heterocycles. The van der Waals surface area contributed by atoms with E-state index in [1.807, 2.05) is 13.8 Å². The van der Waals surface area contributed by atoms with Crippen LogP contribution in [-0.4, -0.2) is 22.2 Å². The van der Waals surface area contributed by atoms with E-state index in [-0.39, 0.29) is 12.0 Å². The van der Waals surface area contributed by atoms with E-state index in [9.17, 15) is 9.59 Å². The van der Waals surface area contributed by atoms with Crippen molar-refractivity contribution >= 4 is 11.9 Å². The fraction of sp³-hybridized carbons (Fsp3) is 0.636. The lowest BCUT2D eigenvalue weighted by molar-refractivity contribution is -0.139. The Labute approximate surface area is 89.6 Å². The third kappa shape index (κ3) is 5.20. The summed E-state index contributed by atoms with van der Waals surface area (Å²) in [5.74, 6) is -2.19. The van der Waals surface area contributed by atoms with Crippen LogP contribution in [0.15, 0.2) is 11.1 Å². The van der Waals surface area contributed by atoms with Crippen molar-refractivity contribution in [2.75, 3.05) is 0 Å². The molecule has 0 saturated carbocycles. The number of allylic oxidation sites excluding steroid dienone is 1. The SMILES string of the molecule is CCCC(CCC)=C(CC(=O)O)C(=O)O. The summed E-state index contributed by atoms with van der Waals surface area (Å²) >= 11 is 0. The van der Waals surface area contributed by atoms with Gasteiger partial charge in [0, 0.05) is 5.57 Å². The summed E-state index contributed by atoms with van der Waals surface area (Å²) in [7, 11) is 0. The van der Waals surface area contributed by atoms with E-state index in [4.69, 9.17) is 10.2 Å². The van der Waals surface area contributed by atoms with Gasteiger partial charge in [0.15, 0.2) is 0 Å². The molecule has 0 amide bonds. The first kappa shape index (κ1) is 13.7. The molecule has 15 heavy (non-hydrogen) atoms. The topological polar surface area (TPSA) is 74.6 Å². The van der Waals surface area contributed by atoms with Gasteiger partial charge >= 0.3 is 11.9 Å². The van der Waals surface area contributed by atoms with Gasteiger partial charge < -0.3 is 10.2 Å². The van der Waals surface area contributed by atoms with Crippen LogP contribution in [0.4, 0.5) is 0 Å². The van der Waals surface area contributed by atoms with Gasteiger partial charge in [-0.1, -0.05) is 32.3 Å². The van der Waals surface area contributed by atoms with Crippen LogP contribution in [0.3, 0.4) is 0 Å². The highest BCUT2D eigenvalue weighted by Crippen LogP contribution is 2.20. The van der Waals surface area contributed by atoms with Crippen molar-refractivity contribution in [3.63, 3.8) is 0 Å². The van der Waals surface area contributed by atoms with Crippen LogP contribution in [0.2, 0.25) is 0 Å². The van der Waals surface area contributed by atoms with Crippen LogP contribution in [0.1, 0.15) is 46.0 Å². The van der Waals surface area contributed by atoms with Crippen LogP contribution >= 0.6 is 0 Å². The lowest BCUT2D eigenvalue weighted by atomic mass is 9.97. The second-order valence-electron chi connectivity index (χ2n) is 3.46. The van der Waals surface area contributed by atoms with Crippen LogP contribution in [0.5, 0.6) is 0 Å². The number of hydrogen-bond acceptors (Lipinski definition) is 2. The van der Waals surface area contributed by atoms with Crippen molar-refractivity contribution in [2.24, 2.45) is 0 Å². The third-order valence-electron chi connectivity index (χ3n) is 2.12. The van der Waals surface area contributed by atoms with Crippen LogP contribution in [-0.2, 0) is 9.59 Å². The molecule has 0 rings (SSSR count). The van der Waals surface area contributed by atoms with E-state index >= 15 is 0 Å². The van der Waals surface area contributed by atoms with Gasteiger partial charge in [0.1, 0.15) is 0 Å². The number of hydrogen-bond donors (Lipinski definition) is 2. The van der Waals surface area contributed by atoms with Gasteiger partial charge in [-0.2, -0.15) is 0 Å². The van der Waals surface area contributed by atoms with Crippen LogP contribution in [0, 0.1) is 0 Å². The van der Waals surface area contributed by atoms with Gasteiger partial charge in [-0.15, -0.1) is 0 Å². The maximum Gasteiger partial charge on any atom is 0.332 e. The fourth-order valence-corrected chi connectivity index (χ4v) is 1.53. The summed E-state index contributed by atoms with van der Waals surface area (Å²) in [5.41, 5.74) is 0.834. The van der Waals surface area contributed by atoms with Gasteiger partial charge in [-0.25, -0.2) is 4.79 Å². The third-order valence-corrected chi connectivity index (χ3v) is 2.12. The Morgan fingerprint density at radius 3 is 1.73 bits per heavy atom. The van der Waals surface area contributed by atoms with Crippen molar-refractivity contribution < 1.29 is 19.8 Å². The van der Waals surface area contributed by atoms with E-state index in [0.29, 0.717) is 12.8 Å². The minimum absolute atomic E-state index is 0.0613. The summed E-state index contributed by atoms with van der Waals surface area (Å²) in [4.78, 5) is 21.4. The molecule has 0 aliphatic carbocycles. The zero-order chi connectivity index (χ0) is 11.8. The number of aliphatic carboxylic acids is 2. The maximum absolute atomic E-state index is 10.9. The van der Waals surface area contributed by atoms with E-state index in [0.717, 1.165) is 18.4 Å². The van der Waals surface area contributed by atoms with E-state index < -0.39 is 11.9 Å². The van der Waals surface area contributed by atoms with Gasteiger partial charge in [0.2, 0.25) is 0 Å². The average molecular weight is 214 g/mol. The van der Waals surface area contributed by atoms with Crippen molar-refractivity contribution in [2.45, 2.75) is 46.0 Å². The van der Waals surface area contributed by atoms with E-state index in [1.165, 1.54) is 0 Å². The largest absolute Gasteiger partial charge is 0.481 e. The molecule has 0 atom stereocenters. The Morgan fingerprint density at radius 2 is 1.47 bits per heavy atom. The minimum Gasteiger partial charge on any atom is -0.481 e. The number of carbonyl (C=O) groups is 2. The zero-order valence-corrected chi connectivity index (χ0v) is 9.25. The van der Waals surface area contributed by atoms with Crippen LogP contribution in [0.25, 0.3) is 0 Å². The van der Waals surface area contributed by atoms with Crippen molar-refractivity contribution in [3.8, 4) is 0 Å². The Bertz CT molecular complexity index is 258. The second-order valence-corrected chi connectivity index (χ2v) is 3.46. The number of carboxylic acids is 2. The number of rotatable bonds is 7. The minimum atomic E-state index is -1.10. The molecule has 0 unspecified atom stereocenters. The molecular weight excluding hydrogens is 196 g/mol. The first-order valence-corrected chi connectivity index (χ1v) is 5.18. The molecule has 4 heteroatoms. The highest BCUT2D eigenvalue weighted by molar-refractivity contribution is 5.92. The Kier molecular flexibility index (Phi) is 6.42. The van der Waals surface area contributed by atoms with Crippen molar-refractivity contribution in [1.82, 2.24) is 0 Å². The highest BCUT2D eigenvalue weighted by atomic mass is 16.4. The molecule has 0 aromatic carbocycles. The van der Waals surface area contributed by atoms with E-state index in [1.54, 1.807) is 0 Å². The molecule has 0 aliphatic rings. The molecular formula is C11H18O4. The molecule has 0 aliphatic heterocycles. The Morgan fingerprint density at radius 1 is 1.00 bits per heavy atom. The lowest BCUT2D eigenvalue weighted by Crippen LogP contribution is -2.10. The first-order valence-electron chi connectivity index (χ1n) is 5.18. The normalized spacial score (nSPS) is 9.73. The second kappa shape index (κ2) is 7.04. The van der Waals surface area contributed by atoms with Gasteiger partial charge in [0.25, 0.3) is 0 Å². The molecule has 0 aromatic heterocycles. The molecule has 0 fully saturated rings. The molecule has 4 nitrogen and oxygen atoms in total. The monoisotopic (exact) mass is 214 g/mol. The number of carboxylic acid groups (broad SMARTS) is 2. The standard InChI is InChI=1S/C11H18O4/c1-3-5-8(6-4-2)9(11(14)15)7-10(12)13/h3-7H2,1-2H3,(H,12,13)(H,14,15). The van der Waals surface area contributed by atoms with Crippen LogP contribution < -0.4 is 0 Å². The van der Waals surface area contributed by atoms with Crippen molar-refractivity contribution in [3.05, 3.63) is 11.1 Å². The van der Waals surface area contributed by atoms with E-state index in [2.05, 4.69) is 0 Å². The summed E-state index contributed by atoms with van der Waals surface area (Å²) < 4.78 is 0. The molecule has 2 N–H and O–H groups in total. The highest BCUT2D eigenvalue weighted by Gasteiger charge is 2.16. The summed E-state index contributed by atoms with van der Waals surface area (Å²) in [6.07, 6.45) is 2.63.